The van der Waals surface area contributed by atoms with Crippen LogP contribution in [0.1, 0.15) is 40.7 Å². The van der Waals surface area contributed by atoms with Crippen LogP contribution in [0.15, 0.2) is 42.5 Å². The maximum absolute atomic E-state index is 13.2. The van der Waals surface area contributed by atoms with Gasteiger partial charge in [0.05, 0.1) is 5.92 Å². The van der Waals surface area contributed by atoms with Crippen molar-refractivity contribution in [2.75, 3.05) is 39.4 Å². The van der Waals surface area contributed by atoms with Crippen LogP contribution in [0.3, 0.4) is 0 Å². The van der Waals surface area contributed by atoms with Gasteiger partial charge in [0.1, 0.15) is 13.2 Å². The molecule has 2 amide bonds. The van der Waals surface area contributed by atoms with E-state index in [1.165, 1.54) is 0 Å². The number of nitrogens with zero attached hydrogens (tertiary/aromatic N) is 2. The molecule has 158 valence electrons. The maximum Gasteiger partial charge on any atom is 0.253 e. The first kappa shape index (κ1) is 20.3. The van der Waals surface area contributed by atoms with Gasteiger partial charge in [-0.2, -0.15) is 0 Å². The van der Waals surface area contributed by atoms with Crippen molar-refractivity contribution in [3.8, 4) is 11.5 Å². The molecule has 0 bridgehead atoms. The number of carbonyl (C=O) groups excluding carboxylic acids is 2. The first-order valence-electron chi connectivity index (χ1n) is 10.6. The van der Waals surface area contributed by atoms with Gasteiger partial charge in [-0.05, 0) is 50.1 Å². The van der Waals surface area contributed by atoms with E-state index >= 15 is 0 Å². The highest BCUT2D eigenvalue weighted by atomic mass is 16.6. The number of fused-ring (bicyclic) bond motifs is 1. The van der Waals surface area contributed by atoms with Crippen molar-refractivity contribution < 1.29 is 19.1 Å². The topological polar surface area (TPSA) is 59.1 Å². The third-order valence-corrected chi connectivity index (χ3v) is 5.80. The highest BCUT2D eigenvalue weighted by Crippen LogP contribution is 2.33. The van der Waals surface area contributed by atoms with Crippen molar-refractivity contribution >= 4 is 11.8 Å². The molecule has 0 saturated carbocycles. The molecule has 1 unspecified atom stereocenters. The van der Waals surface area contributed by atoms with Crippen LogP contribution in [-0.4, -0.2) is 61.0 Å². The molecule has 0 aliphatic carbocycles. The summed E-state index contributed by atoms with van der Waals surface area (Å²) in [7, 11) is 0. The average molecular weight is 408 g/mol. The molecule has 2 heterocycles. The number of amides is 2. The lowest BCUT2D eigenvalue weighted by atomic mass is 9.99. The fraction of sp³-hybridized carbons (Fsp3) is 0.417. The molecular weight excluding hydrogens is 380 g/mol. The molecule has 0 spiro atoms. The molecule has 6 heteroatoms. The Morgan fingerprint density at radius 1 is 0.900 bits per heavy atom. The lowest BCUT2D eigenvalue weighted by Crippen LogP contribution is -2.39. The minimum atomic E-state index is -0.278. The summed E-state index contributed by atoms with van der Waals surface area (Å²) in [5.74, 6) is 1.26. The summed E-state index contributed by atoms with van der Waals surface area (Å²) in [4.78, 5) is 29.8. The first-order chi connectivity index (χ1) is 14.5. The van der Waals surface area contributed by atoms with Gasteiger partial charge in [-0.15, -0.1) is 0 Å². The van der Waals surface area contributed by atoms with Gasteiger partial charge in [-0.1, -0.05) is 23.8 Å². The predicted octanol–water partition coefficient (Wildman–Crippen LogP) is 3.24. The zero-order chi connectivity index (χ0) is 21.1. The molecule has 30 heavy (non-hydrogen) atoms. The number of carbonyl (C=O) groups is 2. The van der Waals surface area contributed by atoms with Crippen LogP contribution in [0.25, 0.3) is 0 Å². The smallest absolute Gasteiger partial charge is 0.253 e. The third kappa shape index (κ3) is 4.27. The van der Waals surface area contributed by atoms with Gasteiger partial charge >= 0.3 is 0 Å². The molecule has 6 nitrogen and oxygen atoms in total. The van der Waals surface area contributed by atoms with Crippen molar-refractivity contribution in [2.45, 2.75) is 26.2 Å². The summed E-state index contributed by atoms with van der Waals surface area (Å²) in [6.45, 7) is 7.40. The van der Waals surface area contributed by atoms with Gasteiger partial charge in [-0.25, -0.2) is 0 Å². The molecule has 0 N–H and O–H groups in total. The Morgan fingerprint density at radius 3 is 2.43 bits per heavy atom. The number of rotatable bonds is 3. The van der Waals surface area contributed by atoms with Gasteiger partial charge in [-0.3, -0.25) is 9.59 Å². The SMILES string of the molecule is Cc1cccc(C(=O)N2CCCN(C(=O)C(C)c3ccc4c(c3)OCCO4)CC2)c1. The lowest BCUT2D eigenvalue weighted by molar-refractivity contribution is -0.132. The molecular formula is C24H28N2O4. The Labute approximate surface area is 177 Å². The van der Waals surface area contributed by atoms with E-state index in [1.807, 2.05) is 66.1 Å². The predicted molar refractivity (Wildman–Crippen MR) is 114 cm³/mol. The van der Waals surface area contributed by atoms with Crippen molar-refractivity contribution in [1.82, 2.24) is 9.80 Å². The van der Waals surface area contributed by atoms with Crippen molar-refractivity contribution in [3.63, 3.8) is 0 Å². The summed E-state index contributed by atoms with van der Waals surface area (Å²) < 4.78 is 11.2. The first-order valence-corrected chi connectivity index (χ1v) is 10.6. The molecule has 2 aromatic rings. The van der Waals surface area contributed by atoms with E-state index in [-0.39, 0.29) is 17.7 Å². The van der Waals surface area contributed by atoms with E-state index in [9.17, 15) is 9.59 Å². The van der Waals surface area contributed by atoms with Gasteiger partial charge in [0, 0.05) is 31.7 Å². The van der Waals surface area contributed by atoms with Crippen LogP contribution in [0, 0.1) is 6.92 Å². The van der Waals surface area contributed by atoms with Crippen LogP contribution in [0.2, 0.25) is 0 Å². The van der Waals surface area contributed by atoms with Crippen LogP contribution in [0.5, 0.6) is 11.5 Å². The lowest BCUT2D eigenvalue weighted by Gasteiger charge is -2.26. The number of hydrogen-bond acceptors (Lipinski definition) is 4. The van der Waals surface area contributed by atoms with Gasteiger partial charge in [0.25, 0.3) is 5.91 Å². The van der Waals surface area contributed by atoms with Gasteiger partial charge < -0.3 is 19.3 Å². The standard InChI is InChI=1S/C24H28N2O4/c1-17-5-3-6-20(15-17)24(28)26-10-4-9-25(11-12-26)23(27)18(2)19-7-8-21-22(16-19)30-14-13-29-21/h3,5-8,15-16,18H,4,9-14H2,1-2H3. The second-order valence-electron chi connectivity index (χ2n) is 7.97. The normalized spacial score (nSPS) is 17.3. The zero-order valence-corrected chi connectivity index (χ0v) is 17.6. The van der Waals surface area contributed by atoms with E-state index < -0.39 is 0 Å². The van der Waals surface area contributed by atoms with E-state index in [1.54, 1.807) is 0 Å². The number of ether oxygens (including phenoxy) is 2. The van der Waals surface area contributed by atoms with Crippen LogP contribution >= 0.6 is 0 Å². The van der Waals surface area contributed by atoms with Crippen molar-refractivity contribution in [2.24, 2.45) is 0 Å². The monoisotopic (exact) mass is 408 g/mol. The Kier molecular flexibility index (Phi) is 5.93. The summed E-state index contributed by atoms with van der Waals surface area (Å²) in [6, 6.07) is 13.4. The second kappa shape index (κ2) is 8.78. The minimum absolute atomic E-state index is 0.0351. The summed E-state index contributed by atoms with van der Waals surface area (Å²) in [5.41, 5.74) is 2.70. The molecule has 1 saturated heterocycles. The Bertz CT molecular complexity index is 943. The second-order valence-corrected chi connectivity index (χ2v) is 7.97. The van der Waals surface area contributed by atoms with E-state index in [0.29, 0.717) is 50.7 Å². The highest BCUT2D eigenvalue weighted by Gasteiger charge is 2.27. The molecule has 2 aliphatic rings. The van der Waals surface area contributed by atoms with Crippen molar-refractivity contribution in [1.29, 1.82) is 0 Å². The number of hydrogen-bond donors (Lipinski definition) is 0. The number of benzene rings is 2. The quantitative estimate of drug-likeness (QED) is 0.782. The van der Waals surface area contributed by atoms with Crippen molar-refractivity contribution in [3.05, 3.63) is 59.2 Å². The molecule has 4 rings (SSSR count). The largest absolute Gasteiger partial charge is 0.486 e. The molecule has 2 aliphatic heterocycles. The minimum Gasteiger partial charge on any atom is -0.486 e. The Hall–Kier alpha value is -3.02. The van der Waals surface area contributed by atoms with Crippen LogP contribution in [-0.2, 0) is 4.79 Å². The van der Waals surface area contributed by atoms with Crippen LogP contribution in [0.4, 0.5) is 0 Å². The Morgan fingerprint density at radius 2 is 1.63 bits per heavy atom. The van der Waals surface area contributed by atoms with E-state index in [0.717, 1.165) is 23.3 Å². The molecule has 0 aromatic heterocycles. The summed E-state index contributed by atoms with van der Waals surface area (Å²) in [6.07, 6.45) is 0.775. The average Bonchev–Trinajstić information content (AvgIpc) is 3.03. The maximum atomic E-state index is 13.2. The Balaban J connectivity index is 1.41. The molecule has 1 atom stereocenters. The van der Waals surface area contributed by atoms with E-state index in [2.05, 4.69) is 0 Å². The molecule has 1 fully saturated rings. The number of aryl methyl sites for hydroxylation is 1. The van der Waals surface area contributed by atoms with Gasteiger partial charge in [0.15, 0.2) is 11.5 Å². The zero-order valence-electron chi connectivity index (χ0n) is 17.6. The summed E-state index contributed by atoms with van der Waals surface area (Å²) in [5, 5.41) is 0. The van der Waals surface area contributed by atoms with E-state index in [4.69, 9.17) is 9.47 Å². The summed E-state index contributed by atoms with van der Waals surface area (Å²) >= 11 is 0. The highest BCUT2D eigenvalue weighted by molar-refractivity contribution is 5.94. The molecule has 0 radical (unpaired) electrons. The fourth-order valence-electron chi connectivity index (χ4n) is 4.05. The third-order valence-electron chi connectivity index (χ3n) is 5.80. The van der Waals surface area contributed by atoms with Crippen LogP contribution < -0.4 is 9.47 Å². The molecule has 2 aromatic carbocycles. The van der Waals surface area contributed by atoms with Gasteiger partial charge in [0.2, 0.25) is 5.91 Å². The fourth-order valence-corrected chi connectivity index (χ4v) is 4.05.